The molecule has 2 aliphatic heterocycles. The van der Waals surface area contributed by atoms with Gasteiger partial charge in [0.25, 0.3) is 0 Å². The number of methoxy groups -OCH3 is 1. The van der Waals surface area contributed by atoms with Gasteiger partial charge in [0.1, 0.15) is 17.4 Å². The molecule has 1 atom stereocenters. The second-order valence-electron chi connectivity index (χ2n) is 7.30. The molecular weight excluding hydrogens is 347 g/mol. The predicted molar refractivity (Wildman–Crippen MR) is 98.9 cm³/mol. The maximum Gasteiger partial charge on any atom is 0.230 e. The van der Waals surface area contributed by atoms with Gasteiger partial charge in [-0.1, -0.05) is 0 Å². The van der Waals surface area contributed by atoms with Crippen molar-refractivity contribution < 1.29 is 13.9 Å². The van der Waals surface area contributed by atoms with Crippen molar-refractivity contribution in [2.45, 2.75) is 25.8 Å². The average molecular weight is 370 g/mol. The van der Waals surface area contributed by atoms with E-state index in [-0.39, 0.29) is 18.3 Å². The Morgan fingerprint density at radius 2 is 2.15 bits per heavy atom. The van der Waals surface area contributed by atoms with Gasteiger partial charge in [0.15, 0.2) is 0 Å². The number of carbonyl (C=O) groups excluding carboxylic acids is 1. The van der Waals surface area contributed by atoms with Crippen LogP contribution < -0.4 is 9.64 Å². The number of anilines is 1. The van der Waals surface area contributed by atoms with E-state index in [0.717, 1.165) is 31.6 Å². The van der Waals surface area contributed by atoms with Gasteiger partial charge >= 0.3 is 0 Å². The molecule has 2 fully saturated rings. The smallest absolute Gasteiger partial charge is 0.230 e. The minimum absolute atomic E-state index is 0.113. The van der Waals surface area contributed by atoms with Gasteiger partial charge in [0.05, 0.1) is 18.7 Å². The molecular formula is C20H23FN4O2. The number of carbonyl (C=O) groups is 1. The lowest BCUT2D eigenvalue weighted by Gasteiger charge is -2.39. The topological polar surface area (TPSA) is 58.6 Å². The first-order valence-electron chi connectivity index (χ1n) is 9.24. The van der Waals surface area contributed by atoms with Crippen molar-refractivity contribution in [1.82, 2.24) is 14.9 Å². The van der Waals surface area contributed by atoms with Crippen LogP contribution in [0, 0.1) is 11.2 Å². The molecule has 7 heteroatoms. The molecule has 142 valence electrons. The lowest BCUT2D eigenvalue weighted by molar-refractivity contribution is -0.145. The van der Waals surface area contributed by atoms with E-state index in [1.165, 1.54) is 6.07 Å². The average Bonchev–Trinajstić information content (AvgIpc) is 3.13. The number of halogens is 1. The first-order valence-corrected chi connectivity index (χ1v) is 9.24. The van der Waals surface area contributed by atoms with E-state index >= 15 is 0 Å². The predicted octanol–water partition coefficient (Wildman–Crippen LogP) is 2.64. The summed E-state index contributed by atoms with van der Waals surface area (Å²) in [6.07, 6.45) is 7.62. The number of benzene rings is 1. The van der Waals surface area contributed by atoms with E-state index < -0.39 is 5.41 Å². The van der Waals surface area contributed by atoms with Crippen LogP contribution in [0.2, 0.25) is 0 Å². The highest BCUT2D eigenvalue weighted by Crippen LogP contribution is 2.41. The molecule has 2 saturated heterocycles. The molecule has 0 radical (unpaired) electrons. The van der Waals surface area contributed by atoms with Gasteiger partial charge in [0, 0.05) is 44.1 Å². The first-order chi connectivity index (χ1) is 13.1. The number of hydrogen-bond donors (Lipinski definition) is 0. The summed E-state index contributed by atoms with van der Waals surface area (Å²) < 4.78 is 19.4. The number of nitrogens with zero attached hydrogens (tertiary/aromatic N) is 4. The van der Waals surface area contributed by atoms with Gasteiger partial charge in [0.2, 0.25) is 5.91 Å². The Labute approximate surface area is 158 Å². The van der Waals surface area contributed by atoms with Crippen LogP contribution in [0.25, 0.3) is 0 Å². The Morgan fingerprint density at radius 1 is 1.26 bits per heavy atom. The highest BCUT2D eigenvalue weighted by Gasteiger charge is 2.48. The SMILES string of the molecule is COc1ccc(F)c(CN2CCC[C@]3(CCN(c4cnccn4)C3)C2=O)c1. The quantitative estimate of drug-likeness (QED) is 0.828. The number of aromatic nitrogens is 2. The summed E-state index contributed by atoms with van der Waals surface area (Å²) in [5.74, 6) is 1.21. The largest absolute Gasteiger partial charge is 0.497 e. The molecule has 1 aromatic heterocycles. The van der Waals surface area contributed by atoms with Crippen molar-refractivity contribution in [2.24, 2.45) is 5.41 Å². The van der Waals surface area contributed by atoms with Crippen LogP contribution in [0.5, 0.6) is 5.75 Å². The highest BCUT2D eigenvalue weighted by molar-refractivity contribution is 5.85. The molecule has 2 aromatic rings. The zero-order valence-corrected chi connectivity index (χ0v) is 15.4. The molecule has 0 bridgehead atoms. The summed E-state index contributed by atoms with van der Waals surface area (Å²) in [6.45, 7) is 2.35. The van der Waals surface area contributed by atoms with Gasteiger partial charge in [-0.05, 0) is 37.5 Å². The summed E-state index contributed by atoms with van der Waals surface area (Å²) in [6, 6.07) is 4.65. The zero-order chi connectivity index (χ0) is 18.9. The standard InChI is InChI=1S/C20H23FN4O2/c1-27-16-3-4-17(21)15(11-16)13-24-9-2-5-20(19(24)26)6-10-25(14-20)18-12-22-7-8-23-18/h3-4,7-8,11-12H,2,5-6,9-10,13-14H2,1H3/t20-/m1/s1. The zero-order valence-electron chi connectivity index (χ0n) is 15.4. The van der Waals surface area contributed by atoms with Crippen LogP contribution in [0.4, 0.5) is 10.2 Å². The third kappa shape index (κ3) is 3.34. The Kier molecular flexibility index (Phi) is 4.68. The molecule has 0 unspecified atom stereocenters. The molecule has 0 aliphatic carbocycles. The van der Waals surface area contributed by atoms with E-state index in [4.69, 9.17) is 4.74 Å². The minimum atomic E-state index is -0.412. The van der Waals surface area contributed by atoms with Crippen molar-refractivity contribution in [2.75, 3.05) is 31.6 Å². The van der Waals surface area contributed by atoms with Crippen molar-refractivity contribution in [3.8, 4) is 5.75 Å². The molecule has 27 heavy (non-hydrogen) atoms. The number of likely N-dealkylation sites (tertiary alicyclic amines) is 1. The van der Waals surface area contributed by atoms with Gasteiger partial charge in [-0.3, -0.25) is 9.78 Å². The van der Waals surface area contributed by atoms with E-state index in [2.05, 4.69) is 14.9 Å². The number of rotatable bonds is 4. The van der Waals surface area contributed by atoms with Gasteiger partial charge in [-0.15, -0.1) is 0 Å². The summed E-state index contributed by atoms with van der Waals surface area (Å²) in [7, 11) is 1.55. The van der Waals surface area contributed by atoms with Crippen LogP contribution in [0.15, 0.2) is 36.8 Å². The highest BCUT2D eigenvalue weighted by atomic mass is 19.1. The van der Waals surface area contributed by atoms with Crippen LogP contribution in [0.1, 0.15) is 24.8 Å². The Hall–Kier alpha value is -2.70. The van der Waals surface area contributed by atoms with Gasteiger partial charge in [-0.2, -0.15) is 0 Å². The molecule has 4 rings (SSSR count). The van der Waals surface area contributed by atoms with Crippen molar-refractivity contribution in [3.63, 3.8) is 0 Å². The summed E-state index contributed by atoms with van der Waals surface area (Å²) in [4.78, 5) is 25.7. The van der Waals surface area contributed by atoms with Crippen molar-refractivity contribution >= 4 is 11.7 Å². The Morgan fingerprint density at radius 3 is 2.93 bits per heavy atom. The molecule has 1 spiro atoms. The lowest BCUT2D eigenvalue weighted by atomic mass is 9.78. The fraction of sp³-hybridized carbons (Fsp3) is 0.450. The van der Waals surface area contributed by atoms with Gasteiger partial charge < -0.3 is 14.5 Å². The van der Waals surface area contributed by atoms with E-state index in [0.29, 0.717) is 24.4 Å². The maximum absolute atomic E-state index is 14.2. The van der Waals surface area contributed by atoms with E-state index in [1.54, 1.807) is 42.7 Å². The fourth-order valence-corrected chi connectivity index (χ4v) is 4.21. The number of amides is 1. The number of piperidine rings is 1. The molecule has 6 nitrogen and oxygen atoms in total. The molecule has 1 amide bonds. The van der Waals surface area contributed by atoms with E-state index in [9.17, 15) is 9.18 Å². The lowest BCUT2D eigenvalue weighted by Crippen LogP contribution is -2.49. The third-order valence-corrected chi connectivity index (χ3v) is 5.67. The Bertz CT molecular complexity index is 832. The number of ether oxygens (including phenoxy) is 1. The first kappa shape index (κ1) is 17.7. The molecule has 2 aliphatic rings. The third-order valence-electron chi connectivity index (χ3n) is 5.67. The maximum atomic E-state index is 14.2. The fourth-order valence-electron chi connectivity index (χ4n) is 4.21. The van der Waals surface area contributed by atoms with Crippen molar-refractivity contribution in [1.29, 1.82) is 0 Å². The summed E-state index contributed by atoms with van der Waals surface area (Å²) >= 11 is 0. The summed E-state index contributed by atoms with van der Waals surface area (Å²) in [5.41, 5.74) is 0.0778. The van der Waals surface area contributed by atoms with Crippen LogP contribution >= 0.6 is 0 Å². The van der Waals surface area contributed by atoms with Gasteiger partial charge in [-0.25, -0.2) is 9.37 Å². The normalized spacial score (nSPS) is 22.5. The molecule has 3 heterocycles. The molecule has 0 saturated carbocycles. The minimum Gasteiger partial charge on any atom is -0.497 e. The second-order valence-corrected chi connectivity index (χ2v) is 7.30. The van der Waals surface area contributed by atoms with Crippen LogP contribution in [0.3, 0.4) is 0 Å². The monoisotopic (exact) mass is 370 g/mol. The second kappa shape index (κ2) is 7.13. The molecule has 1 aromatic carbocycles. The Balaban J connectivity index is 1.52. The van der Waals surface area contributed by atoms with E-state index in [1.807, 2.05) is 0 Å². The molecule has 0 N–H and O–H groups in total. The van der Waals surface area contributed by atoms with Crippen molar-refractivity contribution in [3.05, 3.63) is 48.2 Å². The summed E-state index contributed by atoms with van der Waals surface area (Å²) in [5, 5.41) is 0. The number of hydrogen-bond acceptors (Lipinski definition) is 5. The van der Waals surface area contributed by atoms with Crippen LogP contribution in [-0.2, 0) is 11.3 Å². The van der Waals surface area contributed by atoms with Crippen LogP contribution in [-0.4, -0.2) is 47.5 Å².